The van der Waals surface area contributed by atoms with Gasteiger partial charge in [0.05, 0.1) is 13.2 Å². The fourth-order valence-corrected chi connectivity index (χ4v) is 3.34. The summed E-state index contributed by atoms with van der Waals surface area (Å²) in [6.07, 6.45) is 0. The Morgan fingerprint density at radius 1 is 1.26 bits per heavy atom. The van der Waals surface area contributed by atoms with Gasteiger partial charge in [-0.3, -0.25) is 14.6 Å². The Balaban J connectivity index is 1.71. The lowest BCUT2D eigenvalue weighted by Gasteiger charge is -2.39. The average molecular weight is 321 g/mol. The predicted octanol–water partition coefficient (Wildman–Crippen LogP) is 1.02. The van der Waals surface area contributed by atoms with Crippen LogP contribution in [0.1, 0.15) is 18.5 Å². The lowest BCUT2D eigenvalue weighted by atomic mass is 10.0. The molecule has 2 aliphatic heterocycles. The highest BCUT2D eigenvalue weighted by Gasteiger charge is 2.33. The standard InChI is InChI=1S/C17H24FN3O2/c1-13-12-23-11-10-20(13)8-9-21-7-6-19-17(22)16(21)14-4-2-3-5-15(14)18/h2-5,13,16H,6-12H2,1H3,(H,19,22)/t13-,16-/m0/s1. The van der Waals surface area contributed by atoms with Crippen LogP contribution in [-0.4, -0.2) is 67.7 Å². The van der Waals surface area contributed by atoms with Crippen molar-refractivity contribution in [3.05, 3.63) is 35.6 Å². The van der Waals surface area contributed by atoms with Crippen molar-refractivity contribution in [3.8, 4) is 0 Å². The summed E-state index contributed by atoms with van der Waals surface area (Å²) >= 11 is 0. The van der Waals surface area contributed by atoms with Gasteiger partial charge in [0, 0.05) is 44.3 Å². The molecule has 5 nitrogen and oxygen atoms in total. The van der Waals surface area contributed by atoms with E-state index >= 15 is 0 Å². The van der Waals surface area contributed by atoms with Crippen molar-refractivity contribution in [1.82, 2.24) is 15.1 Å². The summed E-state index contributed by atoms with van der Waals surface area (Å²) in [4.78, 5) is 16.8. The van der Waals surface area contributed by atoms with E-state index in [4.69, 9.17) is 4.74 Å². The zero-order valence-electron chi connectivity index (χ0n) is 13.5. The van der Waals surface area contributed by atoms with Crippen LogP contribution in [0.25, 0.3) is 0 Å². The van der Waals surface area contributed by atoms with Gasteiger partial charge in [0.25, 0.3) is 0 Å². The number of benzene rings is 1. The van der Waals surface area contributed by atoms with Crippen molar-refractivity contribution >= 4 is 5.91 Å². The molecule has 1 amide bonds. The van der Waals surface area contributed by atoms with Crippen LogP contribution in [0.4, 0.5) is 4.39 Å². The molecular weight excluding hydrogens is 297 g/mol. The highest BCUT2D eigenvalue weighted by molar-refractivity contribution is 5.84. The third kappa shape index (κ3) is 3.71. The normalized spacial score (nSPS) is 27.0. The van der Waals surface area contributed by atoms with Crippen molar-refractivity contribution in [2.75, 3.05) is 45.9 Å². The molecule has 3 rings (SSSR count). The number of amides is 1. The van der Waals surface area contributed by atoms with Crippen LogP contribution < -0.4 is 5.32 Å². The minimum Gasteiger partial charge on any atom is -0.379 e. The van der Waals surface area contributed by atoms with E-state index in [9.17, 15) is 9.18 Å². The Labute approximate surface area is 136 Å². The molecule has 0 spiro atoms. The Kier molecular flexibility index (Phi) is 5.25. The van der Waals surface area contributed by atoms with Gasteiger partial charge in [0.1, 0.15) is 11.9 Å². The molecule has 0 aliphatic carbocycles. The van der Waals surface area contributed by atoms with Gasteiger partial charge in [-0.05, 0) is 13.0 Å². The van der Waals surface area contributed by atoms with Gasteiger partial charge in [-0.1, -0.05) is 18.2 Å². The van der Waals surface area contributed by atoms with Crippen LogP contribution in [-0.2, 0) is 9.53 Å². The first kappa shape index (κ1) is 16.4. The maximum absolute atomic E-state index is 14.1. The summed E-state index contributed by atoms with van der Waals surface area (Å²) in [5, 5.41) is 2.85. The molecule has 2 aliphatic rings. The van der Waals surface area contributed by atoms with Gasteiger partial charge in [0.15, 0.2) is 0 Å². The lowest BCUT2D eigenvalue weighted by molar-refractivity contribution is -0.129. The molecule has 0 bridgehead atoms. The number of ether oxygens (including phenoxy) is 1. The summed E-state index contributed by atoms with van der Waals surface area (Å²) in [7, 11) is 0. The Bertz CT molecular complexity index is 554. The number of piperazine rings is 1. The molecule has 1 N–H and O–H groups in total. The molecule has 0 unspecified atom stereocenters. The summed E-state index contributed by atoms with van der Waals surface area (Å²) in [5.74, 6) is -0.435. The minimum absolute atomic E-state index is 0.114. The van der Waals surface area contributed by atoms with Crippen LogP contribution in [0, 0.1) is 5.82 Å². The molecule has 2 fully saturated rings. The summed E-state index contributed by atoms with van der Waals surface area (Å²) < 4.78 is 19.6. The number of hydrogen-bond acceptors (Lipinski definition) is 4. The highest BCUT2D eigenvalue weighted by Crippen LogP contribution is 2.25. The molecule has 2 atom stereocenters. The van der Waals surface area contributed by atoms with Gasteiger partial charge in [-0.25, -0.2) is 4.39 Å². The van der Waals surface area contributed by atoms with Crippen LogP contribution in [0.3, 0.4) is 0 Å². The molecule has 0 saturated carbocycles. The number of morpholine rings is 1. The average Bonchev–Trinajstić information content (AvgIpc) is 2.55. The molecule has 6 heteroatoms. The highest BCUT2D eigenvalue weighted by atomic mass is 19.1. The van der Waals surface area contributed by atoms with E-state index in [0.717, 1.165) is 39.4 Å². The number of carbonyl (C=O) groups is 1. The Morgan fingerprint density at radius 3 is 2.83 bits per heavy atom. The zero-order chi connectivity index (χ0) is 16.2. The molecule has 1 aromatic carbocycles. The van der Waals surface area contributed by atoms with E-state index < -0.39 is 6.04 Å². The van der Waals surface area contributed by atoms with E-state index in [1.54, 1.807) is 18.2 Å². The molecular formula is C17H24FN3O2. The molecule has 1 aromatic rings. The zero-order valence-corrected chi connectivity index (χ0v) is 13.5. The van der Waals surface area contributed by atoms with Crippen molar-refractivity contribution < 1.29 is 13.9 Å². The van der Waals surface area contributed by atoms with Crippen molar-refractivity contribution in [2.24, 2.45) is 0 Å². The Hall–Kier alpha value is -1.50. The van der Waals surface area contributed by atoms with E-state index in [1.165, 1.54) is 6.07 Å². The maximum Gasteiger partial charge on any atom is 0.242 e. The molecule has 0 aromatic heterocycles. The first-order valence-electron chi connectivity index (χ1n) is 8.25. The number of nitrogens with one attached hydrogen (secondary N) is 1. The maximum atomic E-state index is 14.1. The smallest absolute Gasteiger partial charge is 0.242 e. The molecule has 0 radical (unpaired) electrons. The quantitative estimate of drug-likeness (QED) is 0.899. The fourth-order valence-electron chi connectivity index (χ4n) is 3.34. The van der Waals surface area contributed by atoms with E-state index in [1.807, 2.05) is 0 Å². The van der Waals surface area contributed by atoms with Gasteiger partial charge in [-0.2, -0.15) is 0 Å². The van der Waals surface area contributed by atoms with Crippen LogP contribution in [0.15, 0.2) is 24.3 Å². The predicted molar refractivity (Wildman–Crippen MR) is 85.6 cm³/mol. The first-order chi connectivity index (χ1) is 11.2. The van der Waals surface area contributed by atoms with E-state index in [-0.39, 0.29) is 11.7 Å². The second-order valence-electron chi connectivity index (χ2n) is 6.21. The SMILES string of the molecule is C[C@H]1COCCN1CCN1CCNC(=O)[C@@H]1c1ccccc1F. The van der Waals surface area contributed by atoms with Gasteiger partial charge in [0.2, 0.25) is 5.91 Å². The van der Waals surface area contributed by atoms with Crippen molar-refractivity contribution in [3.63, 3.8) is 0 Å². The number of hydrogen-bond donors (Lipinski definition) is 1. The second kappa shape index (κ2) is 7.38. The molecule has 2 saturated heterocycles. The van der Waals surface area contributed by atoms with Crippen molar-refractivity contribution in [1.29, 1.82) is 0 Å². The van der Waals surface area contributed by atoms with Crippen LogP contribution >= 0.6 is 0 Å². The van der Waals surface area contributed by atoms with Crippen LogP contribution in [0.5, 0.6) is 0 Å². The molecule has 23 heavy (non-hydrogen) atoms. The third-order valence-corrected chi connectivity index (χ3v) is 4.69. The monoisotopic (exact) mass is 321 g/mol. The first-order valence-corrected chi connectivity index (χ1v) is 8.25. The molecule has 2 heterocycles. The van der Waals surface area contributed by atoms with Gasteiger partial charge >= 0.3 is 0 Å². The fraction of sp³-hybridized carbons (Fsp3) is 0.588. The number of nitrogens with zero attached hydrogens (tertiary/aromatic N) is 2. The summed E-state index contributed by atoms with van der Waals surface area (Å²) in [5.41, 5.74) is 0.458. The number of rotatable bonds is 4. The summed E-state index contributed by atoms with van der Waals surface area (Å²) in [6.45, 7) is 7.52. The Morgan fingerprint density at radius 2 is 2.04 bits per heavy atom. The lowest BCUT2D eigenvalue weighted by Crippen LogP contribution is -2.53. The van der Waals surface area contributed by atoms with Crippen molar-refractivity contribution in [2.45, 2.75) is 19.0 Å². The minimum atomic E-state index is -0.540. The summed E-state index contributed by atoms with van der Waals surface area (Å²) in [6, 6.07) is 6.40. The second-order valence-corrected chi connectivity index (χ2v) is 6.21. The van der Waals surface area contributed by atoms with E-state index in [2.05, 4.69) is 22.0 Å². The van der Waals surface area contributed by atoms with Gasteiger partial charge in [-0.15, -0.1) is 0 Å². The van der Waals surface area contributed by atoms with E-state index in [0.29, 0.717) is 18.2 Å². The van der Waals surface area contributed by atoms with Crippen LogP contribution in [0.2, 0.25) is 0 Å². The number of carbonyl (C=O) groups excluding carboxylic acids is 1. The largest absolute Gasteiger partial charge is 0.379 e. The van der Waals surface area contributed by atoms with Gasteiger partial charge < -0.3 is 10.1 Å². The number of halogens is 1. The topological polar surface area (TPSA) is 44.8 Å². The molecule has 126 valence electrons. The third-order valence-electron chi connectivity index (χ3n) is 4.69.